The summed E-state index contributed by atoms with van der Waals surface area (Å²) in [5.41, 5.74) is 7.64. The summed E-state index contributed by atoms with van der Waals surface area (Å²) < 4.78 is 0.783. The predicted octanol–water partition coefficient (Wildman–Crippen LogP) is 2.66. The number of carbonyl (C=O) groups is 2. The highest BCUT2D eigenvalue weighted by atomic mass is 79.9. The molecule has 1 aromatic heterocycles. The fraction of sp³-hybridized carbons (Fsp3) is 0.250. The Kier molecular flexibility index (Phi) is 4.29. The van der Waals surface area contributed by atoms with Crippen LogP contribution in [-0.4, -0.2) is 16.8 Å². The van der Waals surface area contributed by atoms with Crippen LogP contribution < -0.4 is 10.9 Å². The molecule has 0 spiro atoms. The molecule has 0 saturated heterocycles. The quantitative estimate of drug-likeness (QED) is 0.719. The molecule has 1 aliphatic carbocycles. The number of aromatic amines is 1. The van der Waals surface area contributed by atoms with Gasteiger partial charge in [-0.25, -0.2) is 0 Å². The number of hydrogen-bond donors (Lipinski definition) is 3. The first-order chi connectivity index (χ1) is 10.6. The number of aryl methyl sites for hydroxylation is 1. The highest BCUT2D eigenvalue weighted by Crippen LogP contribution is 2.31. The van der Waals surface area contributed by atoms with Gasteiger partial charge in [0.05, 0.1) is 5.92 Å². The van der Waals surface area contributed by atoms with Crippen LogP contribution in [0.3, 0.4) is 0 Å². The van der Waals surface area contributed by atoms with E-state index in [9.17, 15) is 9.59 Å². The minimum Gasteiger partial charge on any atom is -0.356 e. The van der Waals surface area contributed by atoms with Crippen LogP contribution in [0, 0.1) is 0 Å². The molecule has 1 heterocycles. The van der Waals surface area contributed by atoms with Gasteiger partial charge in [-0.3, -0.25) is 20.4 Å². The lowest BCUT2D eigenvalue weighted by Gasteiger charge is -2.24. The standard InChI is InChI=1S/C16H16BrN3O2/c17-11-8-14(18-9-11)16(22)20-19-15(21)13-7-3-5-10-4-1-2-6-12(10)13/h1-2,4,6,8-9,13,18H,3,5,7H2,(H,19,21)(H,20,22). The molecule has 114 valence electrons. The van der Waals surface area contributed by atoms with Gasteiger partial charge in [-0.15, -0.1) is 0 Å². The van der Waals surface area contributed by atoms with Crippen LogP contribution in [0.5, 0.6) is 0 Å². The van der Waals surface area contributed by atoms with Crippen molar-refractivity contribution in [1.82, 2.24) is 15.8 Å². The van der Waals surface area contributed by atoms with Crippen LogP contribution in [0.2, 0.25) is 0 Å². The second-order valence-corrected chi connectivity index (χ2v) is 6.23. The van der Waals surface area contributed by atoms with Crippen molar-refractivity contribution in [2.45, 2.75) is 25.2 Å². The molecule has 1 aromatic carbocycles. The van der Waals surface area contributed by atoms with E-state index < -0.39 is 0 Å². The van der Waals surface area contributed by atoms with E-state index in [1.165, 1.54) is 5.56 Å². The van der Waals surface area contributed by atoms with Gasteiger partial charge in [0.15, 0.2) is 0 Å². The lowest BCUT2D eigenvalue weighted by molar-refractivity contribution is -0.123. The van der Waals surface area contributed by atoms with Crippen LogP contribution in [0.25, 0.3) is 0 Å². The molecule has 2 aromatic rings. The molecule has 22 heavy (non-hydrogen) atoms. The van der Waals surface area contributed by atoms with Crippen molar-refractivity contribution in [3.8, 4) is 0 Å². The van der Waals surface area contributed by atoms with E-state index in [2.05, 4.69) is 37.8 Å². The van der Waals surface area contributed by atoms with Gasteiger partial charge in [0.2, 0.25) is 5.91 Å². The Labute approximate surface area is 136 Å². The number of hydrogen-bond acceptors (Lipinski definition) is 2. The second kappa shape index (κ2) is 6.36. The van der Waals surface area contributed by atoms with E-state index in [4.69, 9.17) is 0 Å². The fourth-order valence-corrected chi connectivity index (χ4v) is 3.14. The molecule has 3 N–H and O–H groups in total. The predicted molar refractivity (Wildman–Crippen MR) is 86.2 cm³/mol. The van der Waals surface area contributed by atoms with E-state index in [0.29, 0.717) is 5.69 Å². The van der Waals surface area contributed by atoms with E-state index in [1.54, 1.807) is 12.3 Å². The van der Waals surface area contributed by atoms with Crippen LogP contribution >= 0.6 is 15.9 Å². The smallest absolute Gasteiger partial charge is 0.286 e. The van der Waals surface area contributed by atoms with Gasteiger partial charge in [-0.1, -0.05) is 24.3 Å². The number of aromatic nitrogens is 1. The summed E-state index contributed by atoms with van der Waals surface area (Å²) in [6, 6.07) is 9.63. The minimum atomic E-state index is -0.372. The van der Waals surface area contributed by atoms with Crippen LogP contribution in [0.15, 0.2) is 41.0 Å². The number of hydrazine groups is 1. The van der Waals surface area contributed by atoms with Crippen molar-refractivity contribution in [2.75, 3.05) is 0 Å². The molecular formula is C16H16BrN3O2. The first-order valence-electron chi connectivity index (χ1n) is 7.17. The first-order valence-corrected chi connectivity index (χ1v) is 7.96. The molecule has 0 fully saturated rings. The largest absolute Gasteiger partial charge is 0.356 e. The molecule has 5 nitrogen and oxygen atoms in total. The highest BCUT2D eigenvalue weighted by Gasteiger charge is 2.26. The molecule has 0 radical (unpaired) electrons. The zero-order chi connectivity index (χ0) is 15.5. The Bertz CT molecular complexity index is 711. The first kappa shape index (κ1) is 14.8. The average molecular weight is 362 g/mol. The van der Waals surface area contributed by atoms with E-state index in [1.807, 2.05) is 18.2 Å². The molecule has 0 aliphatic heterocycles. The van der Waals surface area contributed by atoms with Crippen molar-refractivity contribution in [3.05, 3.63) is 57.8 Å². The summed E-state index contributed by atoms with van der Waals surface area (Å²) in [7, 11) is 0. The number of benzene rings is 1. The number of nitrogens with one attached hydrogen (secondary N) is 3. The Morgan fingerprint density at radius 2 is 2.05 bits per heavy atom. The van der Waals surface area contributed by atoms with Crippen molar-refractivity contribution in [3.63, 3.8) is 0 Å². The van der Waals surface area contributed by atoms with Crippen molar-refractivity contribution in [2.24, 2.45) is 0 Å². The Hall–Kier alpha value is -2.08. The number of rotatable bonds is 2. The number of halogens is 1. The van der Waals surface area contributed by atoms with Crippen molar-refractivity contribution in [1.29, 1.82) is 0 Å². The SMILES string of the molecule is O=C(NNC(=O)C1CCCc2ccccc21)c1cc(Br)c[nH]1. The van der Waals surface area contributed by atoms with Crippen LogP contribution in [0.4, 0.5) is 0 Å². The van der Waals surface area contributed by atoms with E-state index in [-0.39, 0.29) is 17.7 Å². The topological polar surface area (TPSA) is 74.0 Å². The molecule has 2 amide bonds. The highest BCUT2D eigenvalue weighted by molar-refractivity contribution is 9.10. The van der Waals surface area contributed by atoms with Gasteiger partial charge in [-0.2, -0.15) is 0 Å². The second-order valence-electron chi connectivity index (χ2n) is 5.32. The summed E-state index contributed by atoms with van der Waals surface area (Å²) in [6.07, 6.45) is 4.44. The third-order valence-electron chi connectivity index (χ3n) is 3.88. The van der Waals surface area contributed by atoms with Gasteiger partial charge in [-0.05, 0) is 52.4 Å². The lowest BCUT2D eigenvalue weighted by atomic mass is 9.82. The maximum Gasteiger partial charge on any atom is 0.286 e. The molecule has 6 heteroatoms. The van der Waals surface area contributed by atoms with E-state index in [0.717, 1.165) is 29.3 Å². The molecule has 0 saturated carbocycles. The normalized spacial score (nSPS) is 16.7. The minimum absolute atomic E-state index is 0.175. The van der Waals surface area contributed by atoms with Crippen LogP contribution in [0.1, 0.15) is 40.4 Å². The fourth-order valence-electron chi connectivity index (χ4n) is 2.80. The number of amides is 2. The van der Waals surface area contributed by atoms with Crippen LogP contribution in [-0.2, 0) is 11.2 Å². The maximum atomic E-state index is 12.4. The molecular weight excluding hydrogens is 346 g/mol. The Morgan fingerprint density at radius 1 is 1.23 bits per heavy atom. The van der Waals surface area contributed by atoms with Gasteiger partial charge in [0, 0.05) is 10.7 Å². The van der Waals surface area contributed by atoms with Crippen molar-refractivity contribution >= 4 is 27.7 Å². The summed E-state index contributed by atoms with van der Waals surface area (Å²) in [4.78, 5) is 27.1. The summed E-state index contributed by atoms with van der Waals surface area (Å²) in [6.45, 7) is 0. The molecule has 1 unspecified atom stereocenters. The van der Waals surface area contributed by atoms with Gasteiger partial charge >= 0.3 is 0 Å². The monoisotopic (exact) mass is 361 g/mol. The number of carbonyl (C=O) groups excluding carboxylic acids is 2. The summed E-state index contributed by atoms with van der Waals surface area (Å²) in [5, 5.41) is 0. The molecule has 0 bridgehead atoms. The van der Waals surface area contributed by atoms with Gasteiger partial charge < -0.3 is 4.98 Å². The van der Waals surface area contributed by atoms with E-state index >= 15 is 0 Å². The van der Waals surface area contributed by atoms with Gasteiger partial charge in [0.1, 0.15) is 5.69 Å². The zero-order valence-electron chi connectivity index (χ0n) is 11.9. The zero-order valence-corrected chi connectivity index (χ0v) is 13.4. The van der Waals surface area contributed by atoms with Gasteiger partial charge in [0.25, 0.3) is 5.91 Å². The molecule has 3 rings (SSSR count). The summed E-state index contributed by atoms with van der Waals surface area (Å²) in [5.74, 6) is -0.755. The molecule has 1 atom stereocenters. The third-order valence-corrected chi connectivity index (χ3v) is 4.34. The number of H-pyrrole nitrogens is 1. The third kappa shape index (κ3) is 3.06. The number of fused-ring (bicyclic) bond motifs is 1. The lowest BCUT2D eigenvalue weighted by Crippen LogP contribution is -2.44. The van der Waals surface area contributed by atoms with Crippen molar-refractivity contribution < 1.29 is 9.59 Å². The Morgan fingerprint density at radius 3 is 2.82 bits per heavy atom. The maximum absolute atomic E-state index is 12.4. The molecule has 1 aliphatic rings. The average Bonchev–Trinajstić information content (AvgIpc) is 2.98. The Balaban J connectivity index is 1.65. The summed E-state index contributed by atoms with van der Waals surface area (Å²) >= 11 is 3.26.